The van der Waals surface area contributed by atoms with Crippen molar-refractivity contribution in [3.63, 3.8) is 0 Å². The molecule has 0 atom stereocenters. The van der Waals surface area contributed by atoms with E-state index in [4.69, 9.17) is 9.84 Å². The van der Waals surface area contributed by atoms with Crippen LogP contribution in [-0.2, 0) is 11.2 Å². The van der Waals surface area contributed by atoms with E-state index in [-0.39, 0.29) is 6.42 Å². The second-order valence-electron chi connectivity index (χ2n) is 4.90. The van der Waals surface area contributed by atoms with Gasteiger partial charge < -0.3 is 14.7 Å². The van der Waals surface area contributed by atoms with Crippen molar-refractivity contribution in [3.05, 3.63) is 29.5 Å². The van der Waals surface area contributed by atoms with Crippen LogP contribution in [0.5, 0.6) is 5.75 Å². The maximum atomic E-state index is 11.0. The van der Waals surface area contributed by atoms with E-state index in [2.05, 4.69) is 4.98 Å². The van der Waals surface area contributed by atoms with Gasteiger partial charge in [0.2, 0.25) is 0 Å². The Labute approximate surface area is 117 Å². The average Bonchev–Trinajstić information content (AvgIpc) is 2.37. The van der Waals surface area contributed by atoms with Crippen molar-refractivity contribution in [1.82, 2.24) is 4.98 Å². The van der Waals surface area contributed by atoms with Crippen LogP contribution in [0.3, 0.4) is 0 Å². The van der Waals surface area contributed by atoms with Crippen molar-refractivity contribution >= 4 is 22.6 Å². The fourth-order valence-electron chi connectivity index (χ4n) is 2.32. The fourth-order valence-corrected chi connectivity index (χ4v) is 2.32. The van der Waals surface area contributed by atoms with E-state index in [0.717, 1.165) is 22.3 Å². The van der Waals surface area contributed by atoms with Crippen LogP contribution >= 0.6 is 0 Å². The Kier molecular flexibility index (Phi) is 3.79. The number of hydrogen-bond donors (Lipinski definition) is 1. The lowest BCUT2D eigenvalue weighted by atomic mass is 10.0. The fraction of sp³-hybridized carbons (Fsp3) is 0.333. The highest BCUT2D eigenvalue weighted by atomic mass is 16.5. The first-order valence-corrected chi connectivity index (χ1v) is 6.30. The number of carboxylic acid groups (broad SMARTS) is 1. The van der Waals surface area contributed by atoms with Gasteiger partial charge in [-0.15, -0.1) is 0 Å². The first-order chi connectivity index (χ1) is 9.43. The molecule has 0 spiro atoms. The van der Waals surface area contributed by atoms with Gasteiger partial charge >= 0.3 is 5.97 Å². The Morgan fingerprint density at radius 2 is 2.10 bits per heavy atom. The first kappa shape index (κ1) is 14.1. The van der Waals surface area contributed by atoms with E-state index in [1.165, 1.54) is 0 Å². The molecule has 0 radical (unpaired) electrons. The molecule has 0 amide bonds. The zero-order valence-electron chi connectivity index (χ0n) is 12.1. The number of carbonyl (C=O) groups is 1. The van der Waals surface area contributed by atoms with Gasteiger partial charge in [-0.3, -0.25) is 4.79 Å². The molecule has 0 aliphatic rings. The molecule has 20 heavy (non-hydrogen) atoms. The van der Waals surface area contributed by atoms with E-state index in [1.54, 1.807) is 19.2 Å². The van der Waals surface area contributed by atoms with Crippen molar-refractivity contribution in [3.8, 4) is 5.75 Å². The van der Waals surface area contributed by atoms with Crippen LogP contribution in [-0.4, -0.2) is 37.3 Å². The molecule has 0 bridgehead atoms. The minimum absolute atomic E-state index is 0.0356. The molecule has 5 nitrogen and oxygen atoms in total. The zero-order valence-corrected chi connectivity index (χ0v) is 12.1. The van der Waals surface area contributed by atoms with Gasteiger partial charge in [0, 0.05) is 30.9 Å². The van der Waals surface area contributed by atoms with Crippen LogP contribution in [0.15, 0.2) is 18.2 Å². The summed E-state index contributed by atoms with van der Waals surface area (Å²) in [5.74, 6) is -0.206. The highest BCUT2D eigenvalue weighted by Crippen LogP contribution is 2.34. The van der Waals surface area contributed by atoms with Gasteiger partial charge in [-0.2, -0.15) is 0 Å². The van der Waals surface area contributed by atoms with Crippen molar-refractivity contribution in [2.24, 2.45) is 0 Å². The Morgan fingerprint density at radius 3 is 2.65 bits per heavy atom. The molecule has 0 saturated heterocycles. The smallest absolute Gasteiger partial charge is 0.307 e. The van der Waals surface area contributed by atoms with Crippen molar-refractivity contribution in [2.75, 3.05) is 26.1 Å². The maximum absolute atomic E-state index is 11.0. The van der Waals surface area contributed by atoms with Crippen LogP contribution in [0.25, 0.3) is 10.9 Å². The molecule has 1 aromatic heterocycles. The summed E-state index contributed by atoms with van der Waals surface area (Å²) in [5, 5.41) is 9.91. The Morgan fingerprint density at radius 1 is 1.40 bits per heavy atom. The third kappa shape index (κ3) is 2.52. The second kappa shape index (κ2) is 5.36. The van der Waals surface area contributed by atoms with E-state index < -0.39 is 5.97 Å². The standard InChI is InChI=1S/C15H18N2O3/c1-9-7-11(17(2)3)14-10(8-13(18)19)5-6-12(20-4)15(14)16-9/h5-7H,8H2,1-4H3,(H,18,19). The number of carboxylic acids is 1. The molecule has 1 heterocycles. The highest BCUT2D eigenvalue weighted by molar-refractivity contribution is 5.99. The summed E-state index contributed by atoms with van der Waals surface area (Å²) < 4.78 is 5.35. The lowest BCUT2D eigenvalue weighted by Gasteiger charge is -2.19. The summed E-state index contributed by atoms with van der Waals surface area (Å²) in [6.45, 7) is 1.91. The topological polar surface area (TPSA) is 62.7 Å². The van der Waals surface area contributed by atoms with E-state index in [9.17, 15) is 4.79 Å². The minimum atomic E-state index is -0.859. The van der Waals surface area contributed by atoms with Gasteiger partial charge in [-0.1, -0.05) is 6.07 Å². The van der Waals surface area contributed by atoms with Gasteiger partial charge in [0.25, 0.3) is 0 Å². The summed E-state index contributed by atoms with van der Waals surface area (Å²) in [5.41, 5.74) is 3.26. The van der Waals surface area contributed by atoms with E-state index in [1.807, 2.05) is 32.0 Å². The third-order valence-electron chi connectivity index (χ3n) is 3.16. The molecular formula is C15H18N2O3. The molecule has 0 unspecified atom stereocenters. The predicted molar refractivity (Wildman–Crippen MR) is 78.7 cm³/mol. The lowest BCUT2D eigenvalue weighted by Crippen LogP contribution is -2.12. The number of pyridine rings is 1. The molecule has 2 aromatic rings. The molecule has 0 aliphatic heterocycles. The van der Waals surface area contributed by atoms with Gasteiger partial charge in [-0.05, 0) is 24.6 Å². The molecule has 106 valence electrons. The van der Waals surface area contributed by atoms with Gasteiger partial charge in [0.05, 0.1) is 13.5 Å². The SMILES string of the molecule is COc1ccc(CC(=O)O)c2c(N(C)C)cc(C)nc12. The molecule has 2 rings (SSSR count). The Bertz CT molecular complexity index is 666. The van der Waals surface area contributed by atoms with E-state index >= 15 is 0 Å². The molecule has 0 fully saturated rings. The number of hydrogen-bond acceptors (Lipinski definition) is 4. The molecule has 0 saturated carbocycles. The number of rotatable bonds is 4. The number of ether oxygens (including phenoxy) is 1. The third-order valence-corrected chi connectivity index (χ3v) is 3.16. The summed E-state index contributed by atoms with van der Waals surface area (Å²) >= 11 is 0. The molecule has 1 N–H and O–H groups in total. The number of aryl methyl sites for hydroxylation is 1. The average molecular weight is 274 g/mol. The number of methoxy groups -OCH3 is 1. The van der Waals surface area contributed by atoms with Crippen LogP contribution in [0, 0.1) is 6.92 Å². The zero-order chi connectivity index (χ0) is 14.9. The Balaban J connectivity index is 2.85. The number of benzene rings is 1. The van der Waals surface area contributed by atoms with Gasteiger partial charge in [-0.25, -0.2) is 4.98 Å². The normalized spacial score (nSPS) is 10.6. The van der Waals surface area contributed by atoms with Crippen LogP contribution in [0.1, 0.15) is 11.3 Å². The number of fused-ring (bicyclic) bond motifs is 1. The molecular weight excluding hydrogens is 256 g/mol. The van der Waals surface area contributed by atoms with Crippen LogP contribution < -0.4 is 9.64 Å². The van der Waals surface area contributed by atoms with Gasteiger partial charge in [0.15, 0.2) is 0 Å². The second-order valence-corrected chi connectivity index (χ2v) is 4.90. The van der Waals surface area contributed by atoms with Crippen molar-refractivity contribution in [1.29, 1.82) is 0 Å². The maximum Gasteiger partial charge on any atom is 0.307 e. The summed E-state index contributed by atoms with van der Waals surface area (Å²) in [7, 11) is 5.45. The van der Waals surface area contributed by atoms with Crippen molar-refractivity contribution in [2.45, 2.75) is 13.3 Å². The number of anilines is 1. The predicted octanol–water partition coefficient (Wildman–Crippen LogP) is 2.24. The molecule has 5 heteroatoms. The highest BCUT2D eigenvalue weighted by Gasteiger charge is 2.16. The first-order valence-electron chi connectivity index (χ1n) is 6.30. The Hall–Kier alpha value is -2.30. The monoisotopic (exact) mass is 274 g/mol. The molecule has 1 aromatic carbocycles. The van der Waals surface area contributed by atoms with Gasteiger partial charge in [0.1, 0.15) is 11.3 Å². The minimum Gasteiger partial charge on any atom is -0.494 e. The lowest BCUT2D eigenvalue weighted by molar-refractivity contribution is -0.136. The summed E-state index contributed by atoms with van der Waals surface area (Å²) in [6, 6.07) is 5.51. The number of aliphatic carboxylic acids is 1. The largest absolute Gasteiger partial charge is 0.494 e. The van der Waals surface area contributed by atoms with Crippen LogP contribution in [0.4, 0.5) is 5.69 Å². The quantitative estimate of drug-likeness (QED) is 0.926. The number of aromatic nitrogens is 1. The molecule has 0 aliphatic carbocycles. The summed E-state index contributed by atoms with van der Waals surface area (Å²) in [4.78, 5) is 17.5. The summed E-state index contributed by atoms with van der Waals surface area (Å²) in [6.07, 6.45) is -0.0356. The van der Waals surface area contributed by atoms with E-state index in [0.29, 0.717) is 11.3 Å². The number of nitrogens with zero attached hydrogens (tertiary/aromatic N) is 2. The van der Waals surface area contributed by atoms with Crippen LogP contribution in [0.2, 0.25) is 0 Å². The van der Waals surface area contributed by atoms with Crippen molar-refractivity contribution < 1.29 is 14.6 Å².